The average Bonchev–Trinajstić information content (AvgIpc) is 3.31. The predicted octanol–water partition coefficient (Wildman–Crippen LogP) is 3.62. The van der Waals surface area contributed by atoms with Gasteiger partial charge in [-0.25, -0.2) is 13.2 Å². The lowest BCUT2D eigenvalue weighted by molar-refractivity contribution is -0.130. The van der Waals surface area contributed by atoms with Gasteiger partial charge < -0.3 is 10.6 Å². The molecule has 4 aliphatic rings. The summed E-state index contributed by atoms with van der Waals surface area (Å²) in [6.07, 6.45) is 6.68. The fraction of sp³-hybridized carbons (Fsp3) is 0.600. The molecule has 1 aromatic carbocycles. The summed E-state index contributed by atoms with van der Waals surface area (Å²) in [5.74, 6) is 1.42. The summed E-state index contributed by atoms with van der Waals surface area (Å²) in [4.78, 5) is 43.9. The molecular weight excluding hydrogens is 542 g/mol. The number of nitrogens with zero attached hydrogens (tertiary/aromatic N) is 3. The van der Waals surface area contributed by atoms with Gasteiger partial charge in [0.05, 0.1) is 6.54 Å². The molecule has 1 aromatic rings. The van der Waals surface area contributed by atoms with E-state index < -0.39 is 27.1 Å². The van der Waals surface area contributed by atoms with Crippen LogP contribution in [0.15, 0.2) is 22.5 Å². The van der Waals surface area contributed by atoms with Gasteiger partial charge in [-0.3, -0.25) is 19.5 Å². The summed E-state index contributed by atoms with van der Waals surface area (Å²) >= 11 is 0. The molecule has 3 heterocycles. The van der Waals surface area contributed by atoms with Crippen molar-refractivity contribution in [2.24, 2.45) is 16.8 Å². The Labute approximate surface area is 242 Å². The van der Waals surface area contributed by atoms with Crippen LogP contribution in [0.1, 0.15) is 81.5 Å². The standard InChI is InChI=1S/C30H41N5O5S/c1-19-6-8-23(9-7-19)25-31-26(36)30(32-25)11-13-34(14-12-30)41(39,40)15-10-24-20(2)16-22(17-21(24)3)18-35-27(37)29(4,5)33-28(35)38/h10,15-17,19,23H,6-9,11-14,18H2,1-5H3,(H,33,38)(H,31,32,36)/b15-10+. The molecule has 0 aromatic heterocycles. The Balaban J connectivity index is 1.24. The minimum atomic E-state index is -3.71. The third kappa shape index (κ3) is 5.70. The van der Waals surface area contributed by atoms with Crippen molar-refractivity contribution in [2.75, 3.05) is 13.1 Å². The third-order valence-electron chi connectivity index (χ3n) is 9.16. The highest BCUT2D eigenvalue weighted by atomic mass is 32.2. The fourth-order valence-corrected chi connectivity index (χ4v) is 7.69. The maximum Gasteiger partial charge on any atom is 0.325 e. The van der Waals surface area contributed by atoms with Crippen molar-refractivity contribution in [3.05, 3.63) is 39.8 Å². The van der Waals surface area contributed by atoms with Crippen molar-refractivity contribution in [2.45, 2.75) is 90.8 Å². The van der Waals surface area contributed by atoms with Gasteiger partial charge in [0.15, 0.2) is 0 Å². The topological polar surface area (TPSA) is 128 Å². The summed E-state index contributed by atoms with van der Waals surface area (Å²) in [5.41, 5.74) is 1.46. The highest BCUT2D eigenvalue weighted by Gasteiger charge is 2.48. The number of rotatable bonds is 6. The molecular formula is C30H41N5O5S. The van der Waals surface area contributed by atoms with E-state index in [1.165, 1.54) is 14.6 Å². The molecule has 0 unspecified atom stereocenters. The molecule has 2 N–H and O–H groups in total. The number of sulfonamides is 1. The monoisotopic (exact) mass is 583 g/mol. The molecule has 0 bridgehead atoms. The molecule has 4 amide bonds. The number of hydrogen-bond donors (Lipinski definition) is 2. The van der Waals surface area contributed by atoms with Gasteiger partial charge in [0, 0.05) is 24.4 Å². The maximum atomic E-state index is 13.3. The van der Waals surface area contributed by atoms with Crippen molar-refractivity contribution in [1.82, 2.24) is 19.8 Å². The normalized spacial score (nSPS) is 26.5. The molecule has 1 aliphatic carbocycles. The first-order chi connectivity index (χ1) is 19.2. The Hall–Kier alpha value is -3.05. The van der Waals surface area contributed by atoms with E-state index in [0.717, 1.165) is 53.8 Å². The Morgan fingerprint density at radius 1 is 1.02 bits per heavy atom. The van der Waals surface area contributed by atoms with Crippen molar-refractivity contribution in [3.63, 3.8) is 0 Å². The first-order valence-electron chi connectivity index (χ1n) is 14.5. The number of imide groups is 1. The van der Waals surface area contributed by atoms with Crippen LogP contribution in [0.5, 0.6) is 0 Å². The zero-order chi connectivity index (χ0) is 29.7. The zero-order valence-electron chi connectivity index (χ0n) is 24.6. The minimum absolute atomic E-state index is 0.0956. The molecule has 2 saturated heterocycles. The Bertz CT molecular complexity index is 1410. The third-order valence-corrected chi connectivity index (χ3v) is 10.7. The van der Waals surface area contributed by atoms with Gasteiger partial charge in [-0.05, 0) is 87.6 Å². The number of urea groups is 1. The lowest BCUT2D eigenvalue weighted by Crippen LogP contribution is -2.50. The number of aliphatic imine (C=N–C) groups is 1. The molecule has 41 heavy (non-hydrogen) atoms. The second-order valence-electron chi connectivity index (χ2n) is 12.8. The van der Waals surface area contributed by atoms with Crippen molar-refractivity contribution in [1.29, 1.82) is 0 Å². The average molecular weight is 584 g/mol. The lowest BCUT2D eigenvalue weighted by Gasteiger charge is -2.34. The number of benzene rings is 1. The van der Waals surface area contributed by atoms with Crippen LogP contribution in [0.3, 0.4) is 0 Å². The van der Waals surface area contributed by atoms with E-state index in [0.29, 0.717) is 18.8 Å². The molecule has 11 heteroatoms. The molecule has 3 aliphatic heterocycles. The van der Waals surface area contributed by atoms with E-state index in [2.05, 4.69) is 17.6 Å². The van der Waals surface area contributed by atoms with Gasteiger partial charge >= 0.3 is 6.03 Å². The summed E-state index contributed by atoms with van der Waals surface area (Å²) in [6.45, 7) is 9.97. The number of aryl methyl sites for hydroxylation is 2. The fourth-order valence-electron chi connectivity index (χ4n) is 6.52. The second-order valence-corrected chi connectivity index (χ2v) is 14.6. The number of carbonyl (C=O) groups is 3. The Morgan fingerprint density at radius 2 is 1.63 bits per heavy atom. The molecule has 0 atom stereocenters. The van der Waals surface area contributed by atoms with E-state index >= 15 is 0 Å². The number of piperidine rings is 1. The summed E-state index contributed by atoms with van der Waals surface area (Å²) < 4.78 is 27.9. The van der Waals surface area contributed by atoms with Gasteiger partial charge in [0.1, 0.15) is 16.9 Å². The minimum Gasteiger partial charge on any atom is -0.324 e. The number of amides is 4. The maximum absolute atomic E-state index is 13.3. The molecule has 10 nitrogen and oxygen atoms in total. The Kier molecular flexibility index (Phi) is 7.65. The quantitative estimate of drug-likeness (QED) is 0.495. The second kappa shape index (κ2) is 10.7. The summed E-state index contributed by atoms with van der Waals surface area (Å²) in [6, 6.07) is 3.32. The Morgan fingerprint density at radius 3 is 2.20 bits per heavy atom. The van der Waals surface area contributed by atoms with E-state index in [1.807, 2.05) is 26.0 Å². The van der Waals surface area contributed by atoms with Gasteiger partial charge in [0.2, 0.25) is 10.0 Å². The van der Waals surface area contributed by atoms with Gasteiger partial charge in [-0.1, -0.05) is 31.9 Å². The van der Waals surface area contributed by atoms with Gasteiger partial charge in [-0.2, -0.15) is 4.31 Å². The summed E-state index contributed by atoms with van der Waals surface area (Å²) in [5, 5.41) is 6.95. The van der Waals surface area contributed by atoms with Crippen LogP contribution in [-0.4, -0.2) is 65.5 Å². The highest BCUT2D eigenvalue weighted by Crippen LogP contribution is 2.36. The molecule has 1 saturated carbocycles. The number of nitrogens with one attached hydrogen (secondary N) is 2. The van der Waals surface area contributed by atoms with E-state index in [9.17, 15) is 22.8 Å². The lowest BCUT2D eigenvalue weighted by atomic mass is 9.82. The molecule has 0 radical (unpaired) electrons. The van der Waals surface area contributed by atoms with Crippen LogP contribution >= 0.6 is 0 Å². The van der Waals surface area contributed by atoms with Gasteiger partial charge in [0.25, 0.3) is 11.8 Å². The van der Waals surface area contributed by atoms with E-state index in [1.54, 1.807) is 19.9 Å². The van der Waals surface area contributed by atoms with Crippen molar-refractivity contribution < 1.29 is 22.8 Å². The van der Waals surface area contributed by atoms with Crippen LogP contribution in [-0.2, 0) is 26.2 Å². The van der Waals surface area contributed by atoms with Crippen molar-refractivity contribution in [3.8, 4) is 0 Å². The van der Waals surface area contributed by atoms with E-state index in [4.69, 9.17) is 4.99 Å². The number of hydrogen-bond acceptors (Lipinski definition) is 6. The van der Waals surface area contributed by atoms with Crippen LogP contribution in [0.2, 0.25) is 0 Å². The largest absolute Gasteiger partial charge is 0.325 e. The predicted molar refractivity (Wildman–Crippen MR) is 157 cm³/mol. The van der Waals surface area contributed by atoms with Crippen molar-refractivity contribution >= 4 is 39.8 Å². The summed E-state index contributed by atoms with van der Waals surface area (Å²) in [7, 11) is -3.71. The molecule has 222 valence electrons. The smallest absolute Gasteiger partial charge is 0.324 e. The van der Waals surface area contributed by atoms with Gasteiger partial charge in [-0.15, -0.1) is 0 Å². The SMILES string of the molecule is Cc1cc(CN2C(=O)NC(C)(C)C2=O)cc(C)c1/C=C/S(=O)(=O)N1CCC2(CC1)N=C(C1CCC(C)CC1)NC2=O. The highest BCUT2D eigenvalue weighted by molar-refractivity contribution is 7.92. The first-order valence-corrected chi connectivity index (χ1v) is 16.0. The van der Waals surface area contributed by atoms with E-state index in [-0.39, 0.29) is 37.4 Å². The molecule has 3 fully saturated rings. The molecule has 5 rings (SSSR count). The van der Waals surface area contributed by atoms with Crippen LogP contribution in [0, 0.1) is 25.7 Å². The molecule has 1 spiro atoms. The van der Waals surface area contributed by atoms with Crippen LogP contribution in [0.25, 0.3) is 6.08 Å². The number of amidine groups is 1. The van der Waals surface area contributed by atoms with Crippen LogP contribution < -0.4 is 10.6 Å². The first kappa shape index (κ1) is 29.4. The zero-order valence-corrected chi connectivity index (χ0v) is 25.4. The number of carbonyl (C=O) groups excluding carboxylic acids is 3. The van der Waals surface area contributed by atoms with Crippen LogP contribution in [0.4, 0.5) is 4.79 Å².